The quantitative estimate of drug-likeness (QED) is 0.224. The van der Waals surface area contributed by atoms with Crippen molar-refractivity contribution in [3.63, 3.8) is 0 Å². The van der Waals surface area contributed by atoms with E-state index >= 15 is 0 Å². The Morgan fingerprint density at radius 2 is 1.81 bits per heavy atom. The van der Waals surface area contributed by atoms with Crippen LogP contribution >= 0.6 is 24.0 Å². The van der Waals surface area contributed by atoms with E-state index in [0.29, 0.717) is 19.0 Å². The number of guanidine groups is 1. The molecule has 21 heavy (non-hydrogen) atoms. The Labute approximate surface area is 147 Å². The Hall–Kier alpha value is -0.530. The fourth-order valence-corrected chi connectivity index (χ4v) is 1.85. The number of carbonyl (C=O) groups excluding carboxylic acids is 1. The normalized spacial score (nSPS) is 12.3. The van der Waals surface area contributed by atoms with Gasteiger partial charge in [0, 0.05) is 32.6 Å². The van der Waals surface area contributed by atoms with Gasteiger partial charge in [0.2, 0.25) is 5.91 Å². The van der Waals surface area contributed by atoms with Gasteiger partial charge in [0.05, 0.1) is 0 Å². The first kappa shape index (κ1) is 22.7. The molecule has 0 saturated heterocycles. The summed E-state index contributed by atoms with van der Waals surface area (Å²) in [5.41, 5.74) is 0. The molecule has 0 rings (SSSR count). The lowest BCUT2D eigenvalue weighted by Gasteiger charge is -2.17. The Bertz CT molecular complexity index is 285. The Balaban J connectivity index is 0. The van der Waals surface area contributed by atoms with Crippen LogP contribution in [0.4, 0.5) is 0 Å². The number of nitrogens with zero attached hydrogens (tertiary/aromatic N) is 1. The summed E-state index contributed by atoms with van der Waals surface area (Å²) < 4.78 is 0. The monoisotopic (exact) mass is 412 g/mol. The lowest BCUT2D eigenvalue weighted by molar-refractivity contribution is -0.120. The zero-order valence-corrected chi connectivity index (χ0v) is 16.3. The van der Waals surface area contributed by atoms with Gasteiger partial charge < -0.3 is 16.0 Å². The van der Waals surface area contributed by atoms with E-state index in [-0.39, 0.29) is 29.9 Å². The highest BCUT2D eigenvalue weighted by molar-refractivity contribution is 14.0. The van der Waals surface area contributed by atoms with Gasteiger partial charge in [-0.3, -0.25) is 9.79 Å². The first-order chi connectivity index (χ1) is 9.63. The molecule has 0 aromatic rings. The maximum atomic E-state index is 11.5. The number of aliphatic imine (C=N–C) groups is 1. The summed E-state index contributed by atoms with van der Waals surface area (Å²) in [7, 11) is 1.76. The SMILES string of the molecule is CCCCCC(C)NC(=NC)NCCC(=O)NCCC.I. The molecule has 0 aromatic carbocycles. The number of halogens is 1. The van der Waals surface area contributed by atoms with Crippen molar-refractivity contribution in [3.05, 3.63) is 0 Å². The molecule has 3 N–H and O–H groups in total. The molecule has 0 spiro atoms. The van der Waals surface area contributed by atoms with Crippen LogP contribution in [0.25, 0.3) is 0 Å². The third kappa shape index (κ3) is 14.2. The van der Waals surface area contributed by atoms with Crippen molar-refractivity contribution >= 4 is 35.8 Å². The summed E-state index contributed by atoms with van der Waals surface area (Å²) in [6, 6.07) is 0.404. The summed E-state index contributed by atoms with van der Waals surface area (Å²) >= 11 is 0. The van der Waals surface area contributed by atoms with Gasteiger partial charge in [0.1, 0.15) is 0 Å². The molecule has 1 amide bonds. The maximum Gasteiger partial charge on any atom is 0.221 e. The molecule has 6 heteroatoms. The smallest absolute Gasteiger partial charge is 0.221 e. The van der Waals surface area contributed by atoms with Gasteiger partial charge in [0.25, 0.3) is 0 Å². The topological polar surface area (TPSA) is 65.5 Å². The summed E-state index contributed by atoms with van der Waals surface area (Å²) in [4.78, 5) is 15.6. The van der Waals surface area contributed by atoms with E-state index in [1.165, 1.54) is 19.3 Å². The van der Waals surface area contributed by atoms with Crippen LogP contribution in [0.3, 0.4) is 0 Å². The minimum Gasteiger partial charge on any atom is -0.356 e. The lowest BCUT2D eigenvalue weighted by atomic mass is 10.1. The Kier molecular flexibility index (Phi) is 17.2. The average Bonchev–Trinajstić information content (AvgIpc) is 2.44. The van der Waals surface area contributed by atoms with Crippen molar-refractivity contribution in [1.82, 2.24) is 16.0 Å². The van der Waals surface area contributed by atoms with Crippen LogP contribution in [0.15, 0.2) is 4.99 Å². The van der Waals surface area contributed by atoms with E-state index in [1.54, 1.807) is 7.05 Å². The van der Waals surface area contributed by atoms with E-state index in [4.69, 9.17) is 0 Å². The summed E-state index contributed by atoms with van der Waals surface area (Å²) in [6.45, 7) is 7.78. The molecule has 0 aromatic heterocycles. The van der Waals surface area contributed by atoms with Gasteiger partial charge in [-0.25, -0.2) is 0 Å². The number of rotatable bonds is 10. The zero-order chi connectivity index (χ0) is 15.2. The Morgan fingerprint density at radius 1 is 1.10 bits per heavy atom. The van der Waals surface area contributed by atoms with E-state index in [1.807, 2.05) is 6.92 Å². The number of amides is 1. The van der Waals surface area contributed by atoms with Gasteiger partial charge in [-0.1, -0.05) is 33.1 Å². The standard InChI is InChI=1S/C15H32N4O.HI/c1-5-7-8-9-13(3)19-15(16-4)18-12-10-14(20)17-11-6-2;/h13H,5-12H2,1-4H3,(H,17,20)(H2,16,18,19);1H. The molecule has 0 aliphatic carbocycles. The molecule has 0 aliphatic heterocycles. The number of hydrogen-bond donors (Lipinski definition) is 3. The van der Waals surface area contributed by atoms with Crippen LogP contribution in [0.5, 0.6) is 0 Å². The minimum absolute atomic E-state index is 0. The number of hydrogen-bond acceptors (Lipinski definition) is 2. The number of nitrogens with one attached hydrogen (secondary N) is 3. The first-order valence-corrected chi connectivity index (χ1v) is 7.87. The summed E-state index contributed by atoms with van der Waals surface area (Å²) in [6.07, 6.45) is 6.34. The van der Waals surface area contributed by atoms with Crippen LogP contribution in [0.2, 0.25) is 0 Å². The fraction of sp³-hybridized carbons (Fsp3) is 0.867. The second kappa shape index (κ2) is 15.9. The highest BCUT2D eigenvalue weighted by Crippen LogP contribution is 2.02. The third-order valence-electron chi connectivity index (χ3n) is 3.06. The molecule has 5 nitrogen and oxygen atoms in total. The van der Waals surface area contributed by atoms with Crippen LogP contribution in [-0.2, 0) is 4.79 Å². The lowest BCUT2D eigenvalue weighted by Crippen LogP contribution is -2.43. The summed E-state index contributed by atoms with van der Waals surface area (Å²) in [5, 5.41) is 9.39. The largest absolute Gasteiger partial charge is 0.356 e. The van der Waals surface area contributed by atoms with Crippen LogP contribution < -0.4 is 16.0 Å². The van der Waals surface area contributed by atoms with E-state index in [9.17, 15) is 4.79 Å². The highest BCUT2D eigenvalue weighted by atomic mass is 127. The number of unbranched alkanes of at least 4 members (excludes halogenated alkanes) is 2. The predicted molar refractivity (Wildman–Crippen MR) is 101 cm³/mol. The van der Waals surface area contributed by atoms with Gasteiger partial charge >= 0.3 is 0 Å². The van der Waals surface area contributed by atoms with E-state index < -0.39 is 0 Å². The van der Waals surface area contributed by atoms with Crippen molar-refractivity contribution in [1.29, 1.82) is 0 Å². The highest BCUT2D eigenvalue weighted by Gasteiger charge is 2.05. The molecule has 0 bridgehead atoms. The van der Waals surface area contributed by atoms with Crippen molar-refractivity contribution in [2.24, 2.45) is 4.99 Å². The van der Waals surface area contributed by atoms with Gasteiger partial charge in [-0.2, -0.15) is 0 Å². The average molecular weight is 412 g/mol. The molecule has 0 aliphatic rings. The molecule has 0 radical (unpaired) electrons. The number of carbonyl (C=O) groups is 1. The van der Waals surface area contributed by atoms with Crippen molar-refractivity contribution in [3.8, 4) is 0 Å². The van der Waals surface area contributed by atoms with Gasteiger partial charge in [0.15, 0.2) is 5.96 Å². The van der Waals surface area contributed by atoms with Gasteiger partial charge in [-0.15, -0.1) is 24.0 Å². The third-order valence-corrected chi connectivity index (χ3v) is 3.06. The van der Waals surface area contributed by atoms with Crippen LogP contribution in [-0.4, -0.2) is 38.0 Å². The second-order valence-corrected chi connectivity index (χ2v) is 5.14. The molecule has 0 heterocycles. The maximum absolute atomic E-state index is 11.5. The molecule has 126 valence electrons. The summed E-state index contributed by atoms with van der Waals surface area (Å²) in [5.74, 6) is 0.864. The molecule has 1 unspecified atom stereocenters. The molecular formula is C15H33IN4O. The zero-order valence-electron chi connectivity index (χ0n) is 14.0. The van der Waals surface area contributed by atoms with Crippen LogP contribution in [0.1, 0.15) is 59.3 Å². The molecule has 0 fully saturated rings. The molecule has 0 saturated carbocycles. The van der Waals surface area contributed by atoms with Crippen LogP contribution in [0, 0.1) is 0 Å². The van der Waals surface area contributed by atoms with E-state index in [2.05, 4.69) is 34.8 Å². The Morgan fingerprint density at radius 3 is 2.38 bits per heavy atom. The van der Waals surface area contributed by atoms with Crippen molar-refractivity contribution < 1.29 is 4.79 Å². The second-order valence-electron chi connectivity index (χ2n) is 5.14. The predicted octanol–water partition coefficient (Wildman–Crippen LogP) is 2.65. The van der Waals surface area contributed by atoms with Crippen molar-refractivity contribution in [2.75, 3.05) is 20.1 Å². The molecule has 1 atom stereocenters. The van der Waals surface area contributed by atoms with Crippen molar-refractivity contribution in [2.45, 2.75) is 65.3 Å². The van der Waals surface area contributed by atoms with E-state index in [0.717, 1.165) is 25.3 Å². The first-order valence-electron chi connectivity index (χ1n) is 7.87. The fourth-order valence-electron chi connectivity index (χ4n) is 1.85. The molecular weight excluding hydrogens is 379 g/mol. The van der Waals surface area contributed by atoms with Gasteiger partial charge in [-0.05, 0) is 19.8 Å². The minimum atomic E-state index is 0.